The minimum absolute atomic E-state index is 0.0863. The maximum absolute atomic E-state index is 11.1. The lowest BCUT2D eigenvalue weighted by atomic mass is 9.98. The van der Waals surface area contributed by atoms with E-state index in [0.29, 0.717) is 11.8 Å². The van der Waals surface area contributed by atoms with Gasteiger partial charge in [-0.1, -0.05) is 0 Å². The van der Waals surface area contributed by atoms with E-state index in [-0.39, 0.29) is 11.1 Å². The summed E-state index contributed by atoms with van der Waals surface area (Å²) in [6.45, 7) is 19.6. The molecule has 4 aromatic carbocycles. The molecule has 0 bridgehead atoms. The largest absolute Gasteiger partial charge is 0.436 e. The number of oxazole rings is 2. The minimum Gasteiger partial charge on any atom is -0.436 e. The van der Waals surface area contributed by atoms with E-state index in [1.54, 1.807) is 0 Å². The topological polar surface area (TPSA) is 124 Å². The van der Waals surface area contributed by atoms with Gasteiger partial charge in [-0.15, -0.1) is 0 Å². The van der Waals surface area contributed by atoms with Crippen molar-refractivity contribution in [3.05, 3.63) is 93.0 Å². The molecule has 0 radical (unpaired) electrons. The predicted molar refractivity (Wildman–Crippen MR) is 192 cm³/mol. The standard InChI is InChI=1S/C19H20N2O2.C17H18N2O.C2H3ClO/c1-10-11(2)13(4)18-17(12(10)3)21-19(23-18)15-6-8-16(9-7-15)20-14(5)22;1-9-10(2)12(4)16-15(11(9)3)19-17(20-16)13-5-7-14(18)8-6-13;1-2(3)4/h6-9H,1-5H3,(H,20,22);5-8H,18H2,1-4H3;1H3. The van der Waals surface area contributed by atoms with Crippen molar-refractivity contribution in [1.82, 2.24) is 9.97 Å². The molecule has 3 N–H and O–H groups in total. The van der Waals surface area contributed by atoms with Crippen LogP contribution in [0.3, 0.4) is 0 Å². The van der Waals surface area contributed by atoms with Crippen molar-refractivity contribution in [3.63, 3.8) is 0 Å². The van der Waals surface area contributed by atoms with Crippen molar-refractivity contribution >= 4 is 56.3 Å². The summed E-state index contributed by atoms with van der Waals surface area (Å²) in [6, 6.07) is 15.1. The number of nitrogens with zero attached hydrogens (tertiary/aromatic N) is 2. The Morgan fingerprint density at radius 3 is 1.30 bits per heavy atom. The van der Waals surface area contributed by atoms with Crippen LogP contribution >= 0.6 is 11.6 Å². The van der Waals surface area contributed by atoms with Crippen LogP contribution in [-0.2, 0) is 9.59 Å². The predicted octanol–water partition coefficient (Wildman–Crippen LogP) is 9.77. The van der Waals surface area contributed by atoms with E-state index in [1.165, 1.54) is 41.7 Å². The highest BCUT2D eigenvalue weighted by molar-refractivity contribution is 6.62. The number of hydrogen-bond donors (Lipinski definition) is 2. The van der Waals surface area contributed by atoms with E-state index in [0.717, 1.165) is 61.4 Å². The lowest BCUT2D eigenvalue weighted by Gasteiger charge is -2.08. The Bertz CT molecular complexity index is 2010. The summed E-state index contributed by atoms with van der Waals surface area (Å²) in [4.78, 5) is 29.6. The molecule has 244 valence electrons. The second kappa shape index (κ2) is 14.2. The van der Waals surface area contributed by atoms with E-state index in [4.69, 9.17) is 14.6 Å². The lowest BCUT2D eigenvalue weighted by Crippen LogP contribution is -2.05. The minimum atomic E-state index is -0.361. The van der Waals surface area contributed by atoms with Crippen LogP contribution in [0.2, 0.25) is 0 Å². The Balaban J connectivity index is 0.000000193. The average Bonchev–Trinajstić information content (AvgIpc) is 3.68. The number of anilines is 2. The van der Waals surface area contributed by atoms with Crippen LogP contribution < -0.4 is 11.1 Å². The van der Waals surface area contributed by atoms with Gasteiger partial charge in [0.25, 0.3) is 0 Å². The van der Waals surface area contributed by atoms with Crippen LogP contribution in [-0.4, -0.2) is 21.1 Å². The number of nitrogens with two attached hydrogens (primary N) is 1. The van der Waals surface area contributed by atoms with Crippen molar-refractivity contribution in [2.24, 2.45) is 0 Å². The van der Waals surface area contributed by atoms with Gasteiger partial charge in [-0.3, -0.25) is 9.59 Å². The van der Waals surface area contributed by atoms with Gasteiger partial charge >= 0.3 is 0 Å². The lowest BCUT2D eigenvalue weighted by molar-refractivity contribution is -0.114. The fourth-order valence-electron chi connectivity index (χ4n) is 5.25. The summed E-state index contributed by atoms with van der Waals surface area (Å²) in [5.74, 6) is 1.17. The Kier molecular flexibility index (Phi) is 10.6. The number of halogens is 1. The molecule has 6 rings (SSSR count). The van der Waals surface area contributed by atoms with Gasteiger partial charge in [0.15, 0.2) is 11.2 Å². The highest BCUT2D eigenvalue weighted by Crippen LogP contribution is 2.34. The van der Waals surface area contributed by atoms with Crippen LogP contribution in [0.1, 0.15) is 58.4 Å². The summed E-state index contributed by atoms with van der Waals surface area (Å²) in [7, 11) is 0. The number of aromatic nitrogens is 2. The molecule has 0 saturated heterocycles. The number of nitrogen functional groups attached to an aromatic ring is 1. The van der Waals surface area contributed by atoms with E-state index in [1.807, 2.05) is 48.5 Å². The second-order valence-electron chi connectivity index (χ2n) is 11.7. The third-order valence-electron chi connectivity index (χ3n) is 8.63. The number of nitrogens with one attached hydrogen (secondary N) is 1. The van der Waals surface area contributed by atoms with Crippen molar-refractivity contribution in [3.8, 4) is 22.9 Å². The number of benzene rings is 4. The number of fused-ring (bicyclic) bond motifs is 2. The Morgan fingerprint density at radius 2 is 0.936 bits per heavy atom. The molecule has 0 aliphatic heterocycles. The van der Waals surface area contributed by atoms with Gasteiger partial charge < -0.3 is 19.9 Å². The number of rotatable bonds is 3. The molecule has 0 fully saturated rings. The van der Waals surface area contributed by atoms with Crippen LogP contribution in [0.5, 0.6) is 0 Å². The zero-order valence-corrected chi connectivity index (χ0v) is 29.4. The van der Waals surface area contributed by atoms with Gasteiger partial charge in [0.1, 0.15) is 11.0 Å². The first kappa shape index (κ1) is 34.9. The van der Waals surface area contributed by atoms with Crippen LogP contribution in [0, 0.1) is 55.4 Å². The molecule has 0 aliphatic carbocycles. The quantitative estimate of drug-likeness (QED) is 0.144. The maximum Gasteiger partial charge on any atom is 0.227 e. The monoisotopic (exact) mass is 652 g/mol. The number of hydrogen-bond acceptors (Lipinski definition) is 7. The first-order chi connectivity index (χ1) is 22.1. The Hall–Kier alpha value is -4.95. The highest BCUT2D eigenvalue weighted by Gasteiger charge is 2.18. The molecule has 8 nitrogen and oxygen atoms in total. The van der Waals surface area contributed by atoms with Crippen LogP contribution in [0.4, 0.5) is 11.4 Å². The summed E-state index contributed by atoms with van der Waals surface area (Å²) >= 11 is 4.64. The molecule has 47 heavy (non-hydrogen) atoms. The zero-order valence-electron chi connectivity index (χ0n) is 28.6. The normalized spacial score (nSPS) is 10.7. The van der Waals surface area contributed by atoms with Gasteiger partial charge in [0.05, 0.1) is 0 Å². The van der Waals surface area contributed by atoms with Crippen molar-refractivity contribution in [2.75, 3.05) is 11.1 Å². The molecule has 6 aromatic rings. The molecule has 9 heteroatoms. The first-order valence-electron chi connectivity index (χ1n) is 15.2. The smallest absolute Gasteiger partial charge is 0.227 e. The van der Waals surface area contributed by atoms with Crippen molar-refractivity contribution in [1.29, 1.82) is 0 Å². The summed E-state index contributed by atoms with van der Waals surface area (Å²) in [5.41, 5.74) is 22.4. The van der Waals surface area contributed by atoms with E-state index >= 15 is 0 Å². The molecular formula is C38H41ClN4O4. The molecular weight excluding hydrogens is 612 g/mol. The van der Waals surface area contributed by atoms with Gasteiger partial charge in [0, 0.05) is 36.3 Å². The van der Waals surface area contributed by atoms with E-state index < -0.39 is 0 Å². The Morgan fingerprint density at radius 1 is 0.596 bits per heavy atom. The van der Waals surface area contributed by atoms with Crippen LogP contribution in [0.15, 0.2) is 57.4 Å². The summed E-state index contributed by atoms with van der Waals surface area (Å²) < 4.78 is 12.0. The number of amides is 1. The molecule has 0 aliphatic rings. The van der Waals surface area contributed by atoms with Crippen molar-refractivity contribution < 1.29 is 18.4 Å². The van der Waals surface area contributed by atoms with E-state index in [2.05, 4.69) is 82.3 Å². The highest BCUT2D eigenvalue weighted by atomic mass is 35.5. The molecule has 1 amide bonds. The SMILES string of the molecule is CC(=O)Cl.CC(=O)Nc1ccc(-c2nc3c(C)c(C)c(C)c(C)c3o2)cc1.Cc1c(C)c(C)c2oc(-c3ccc(N)cc3)nc2c1C. The number of carbonyl (C=O) groups is 2. The zero-order chi connectivity index (χ0) is 34.7. The maximum atomic E-state index is 11.1. The molecule has 0 saturated carbocycles. The summed E-state index contributed by atoms with van der Waals surface area (Å²) in [5, 5.41) is 2.39. The third kappa shape index (κ3) is 7.55. The molecule has 0 atom stereocenters. The van der Waals surface area contributed by atoms with Crippen LogP contribution in [0.25, 0.3) is 45.1 Å². The Labute approximate surface area is 280 Å². The van der Waals surface area contributed by atoms with E-state index in [9.17, 15) is 9.59 Å². The van der Waals surface area contributed by atoms with Gasteiger partial charge in [-0.2, -0.15) is 0 Å². The second-order valence-corrected chi connectivity index (χ2v) is 12.3. The molecule has 2 aromatic heterocycles. The summed E-state index contributed by atoms with van der Waals surface area (Å²) in [6.07, 6.45) is 0. The first-order valence-corrected chi connectivity index (χ1v) is 15.6. The van der Waals surface area contributed by atoms with Gasteiger partial charge in [-0.25, -0.2) is 9.97 Å². The van der Waals surface area contributed by atoms with Gasteiger partial charge in [-0.05, 0) is 160 Å². The third-order valence-corrected chi connectivity index (χ3v) is 8.63. The number of aryl methyl sites for hydroxylation is 4. The fraction of sp³-hybridized carbons (Fsp3) is 0.263. The van der Waals surface area contributed by atoms with Gasteiger partial charge in [0.2, 0.25) is 22.9 Å². The van der Waals surface area contributed by atoms with Crippen molar-refractivity contribution in [2.45, 2.75) is 69.2 Å². The molecule has 0 unspecified atom stereocenters. The fourth-order valence-corrected chi connectivity index (χ4v) is 5.25. The average molecular weight is 653 g/mol. The number of carbonyl (C=O) groups excluding carboxylic acids is 2. The molecule has 2 heterocycles. The molecule has 0 spiro atoms.